The van der Waals surface area contributed by atoms with Gasteiger partial charge in [-0.15, -0.1) is 0 Å². The highest BCUT2D eigenvalue weighted by Gasteiger charge is 2.30. The molecule has 2 fully saturated rings. The maximum absolute atomic E-state index is 13.0. The number of hydrogen-bond acceptors (Lipinski definition) is 5. The molecule has 0 aliphatic carbocycles. The first-order valence-electron chi connectivity index (χ1n) is 9.99. The molecular formula is C20H27N7O2. The second-order valence-corrected chi connectivity index (χ2v) is 7.32. The first-order valence-corrected chi connectivity index (χ1v) is 9.99. The zero-order chi connectivity index (χ0) is 20.6. The number of nitrogen functional groups attached to an aromatic ring is 1. The molecule has 1 atom stereocenters. The van der Waals surface area contributed by atoms with Crippen LogP contribution in [0, 0.1) is 11.5 Å². The molecule has 1 aromatic carbocycles. The molecule has 0 radical (unpaired) electrons. The Balaban J connectivity index is 1.72. The molecule has 0 spiro atoms. The first kappa shape index (κ1) is 20.5. The van der Waals surface area contributed by atoms with Crippen molar-refractivity contribution >= 4 is 29.1 Å². The van der Waals surface area contributed by atoms with Gasteiger partial charge in [-0.2, -0.15) is 5.26 Å². The zero-order valence-corrected chi connectivity index (χ0v) is 16.4. The van der Waals surface area contributed by atoms with E-state index in [1.807, 2.05) is 11.1 Å². The molecule has 2 saturated heterocycles. The van der Waals surface area contributed by atoms with Gasteiger partial charge in [0.15, 0.2) is 6.19 Å². The molecule has 9 heteroatoms. The SMILES string of the molecule is N#CNC(=NC1CCCCN(CC(=O)N2CCCC2)C1=O)Nc1cccc(N)c1. The fraction of sp³-hybridized carbons (Fsp3) is 0.500. The van der Waals surface area contributed by atoms with Gasteiger partial charge in [0.1, 0.15) is 6.04 Å². The minimum Gasteiger partial charge on any atom is -0.399 e. The van der Waals surface area contributed by atoms with E-state index >= 15 is 0 Å². The van der Waals surface area contributed by atoms with Crippen molar-refractivity contribution in [2.75, 3.05) is 37.2 Å². The minimum absolute atomic E-state index is 0.00580. The van der Waals surface area contributed by atoms with E-state index in [1.165, 1.54) is 0 Å². The second kappa shape index (κ2) is 9.78. The zero-order valence-electron chi connectivity index (χ0n) is 16.4. The molecule has 2 aliphatic heterocycles. The summed E-state index contributed by atoms with van der Waals surface area (Å²) in [5, 5.41) is 14.6. The number of amides is 2. The number of carbonyl (C=O) groups excluding carboxylic acids is 2. The van der Waals surface area contributed by atoms with Crippen LogP contribution in [0.4, 0.5) is 11.4 Å². The Morgan fingerprint density at radius 2 is 2.00 bits per heavy atom. The van der Waals surface area contributed by atoms with Crippen LogP contribution in [0.2, 0.25) is 0 Å². The Kier molecular flexibility index (Phi) is 6.89. The molecule has 2 aliphatic rings. The standard InChI is InChI=1S/C20H27N7O2/c21-14-23-20(24-16-7-5-6-15(22)12-16)25-17-8-1-2-11-27(19(17)29)13-18(28)26-9-3-4-10-26/h5-7,12,17H,1-4,8-11,13,22H2,(H2,23,24,25). The predicted molar refractivity (Wildman–Crippen MR) is 111 cm³/mol. The van der Waals surface area contributed by atoms with Crippen LogP contribution >= 0.6 is 0 Å². The van der Waals surface area contributed by atoms with Crippen LogP contribution in [0.15, 0.2) is 29.3 Å². The Hall–Kier alpha value is -3.28. The highest BCUT2D eigenvalue weighted by Crippen LogP contribution is 2.17. The Morgan fingerprint density at radius 1 is 1.24 bits per heavy atom. The fourth-order valence-electron chi connectivity index (χ4n) is 3.65. The number of rotatable bonds is 4. The number of nitriles is 1. The minimum atomic E-state index is -0.645. The van der Waals surface area contributed by atoms with E-state index in [9.17, 15) is 9.59 Å². The Labute approximate surface area is 170 Å². The van der Waals surface area contributed by atoms with Crippen LogP contribution in [-0.2, 0) is 9.59 Å². The first-order chi connectivity index (χ1) is 14.1. The third-order valence-corrected chi connectivity index (χ3v) is 5.15. The van der Waals surface area contributed by atoms with Gasteiger partial charge < -0.3 is 20.9 Å². The Bertz CT molecular complexity index is 811. The summed E-state index contributed by atoms with van der Waals surface area (Å²) >= 11 is 0. The van der Waals surface area contributed by atoms with Crippen molar-refractivity contribution in [2.24, 2.45) is 4.99 Å². The van der Waals surface area contributed by atoms with Crippen LogP contribution in [0.1, 0.15) is 32.1 Å². The average Bonchev–Trinajstić information content (AvgIpc) is 3.18. The van der Waals surface area contributed by atoms with E-state index in [4.69, 9.17) is 11.0 Å². The second-order valence-electron chi connectivity index (χ2n) is 7.32. The van der Waals surface area contributed by atoms with Crippen molar-refractivity contribution in [3.8, 4) is 6.19 Å². The van der Waals surface area contributed by atoms with Gasteiger partial charge in [-0.25, -0.2) is 4.99 Å². The number of aliphatic imine (C=N–C) groups is 1. The number of nitrogens with zero attached hydrogens (tertiary/aromatic N) is 4. The topological polar surface area (TPSA) is 127 Å². The number of likely N-dealkylation sites (tertiary alicyclic amines) is 2. The number of nitrogens with one attached hydrogen (secondary N) is 2. The quantitative estimate of drug-likeness (QED) is 0.230. The molecule has 0 saturated carbocycles. The van der Waals surface area contributed by atoms with Crippen LogP contribution in [0.25, 0.3) is 0 Å². The molecule has 0 aromatic heterocycles. The van der Waals surface area contributed by atoms with Gasteiger partial charge in [-0.3, -0.25) is 14.9 Å². The van der Waals surface area contributed by atoms with E-state index in [1.54, 1.807) is 29.2 Å². The number of benzene rings is 1. The van der Waals surface area contributed by atoms with Crippen LogP contribution in [0.3, 0.4) is 0 Å². The molecule has 154 valence electrons. The van der Waals surface area contributed by atoms with Crippen molar-refractivity contribution < 1.29 is 9.59 Å². The molecule has 4 N–H and O–H groups in total. The van der Waals surface area contributed by atoms with Gasteiger partial charge in [0.25, 0.3) is 0 Å². The third kappa shape index (κ3) is 5.60. The van der Waals surface area contributed by atoms with E-state index in [2.05, 4.69) is 15.6 Å². The van der Waals surface area contributed by atoms with Gasteiger partial charge in [0.05, 0.1) is 6.54 Å². The van der Waals surface area contributed by atoms with E-state index in [0.29, 0.717) is 24.3 Å². The molecule has 29 heavy (non-hydrogen) atoms. The molecule has 0 bridgehead atoms. The van der Waals surface area contributed by atoms with E-state index in [0.717, 1.165) is 38.8 Å². The summed E-state index contributed by atoms with van der Waals surface area (Å²) in [6, 6.07) is 6.40. The summed E-state index contributed by atoms with van der Waals surface area (Å²) in [5.74, 6) is -0.000398. The smallest absolute Gasteiger partial charge is 0.247 e. The van der Waals surface area contributed by atoms with Crippen molar-refractivity contribution in [3.05, 3.63) is 24.3 Å². The summed E-state index contributed by atoms with van der Waals surface area (Å²) in [7, 11) is 0. The van der Waals surface area contributed by atoms with Gasteiger partial charge in [0.2, 0.25) is 17.8 Å². The average molecular weight is 397 g/mol. The lowest BCUT2D eigenvalue weighted by atomic mass is 10.1. The van der Waals surface area contributed by atoms with Crippen molar-refractivity contribution in [1.29, 1.82) is 5.26 Å². The largest absolute Gasteiger partial charge is 0.399 e. The van der Waals surface area contributed by atoms with Crippen molar-refractivity contribution in [2.45, 2.75) is 38.1 Å². The highest BCUT2D eigenvalue weighted by atomic mass is 16.2. The van der Waals surface area contributed by atoms with Crippen LogP contribution < -0.4 is 16.4 Å². The molecule has 3 rings (SSSR count). The monoisotopic (exact) mass is 397 g/mol. The molecular weight excluding hydrogens is 370 g/mol. The lowest BCUT2D eigenvalue weighted by Gasteiger charge is -2.25. The van der Waals surface area contributed by atoms with Gasteiger partial charge in [0, 0.05) is 31.0 Å². The summed E-state index contributed by atoms with van der Waals surface area (Å²) in [6.45, 7) is 2.17. The van der Waals surface area contributed by atoms with Crippen molar-refractivity contribution in [1.82, 2.24) is 15.1 Å². The number of carbonyl (C=O) groups is 2. The lowest BCUT2D eigenvalue weighted by molar-refractivity contribution is -0.140. The molecule has 2 amide bonds. The number of anilines is 2. The van der Waals surface area contributed by atoms with E-state index in [-0.39, 0.29) is 24.3 Å². The molecule has 2 heterocycles. The number of nitrogens with two attached hydrogens (primary N) is 1. The third-order valence-electron chi connectivity index (χ3n) is 5.15. The summed E-state index contributed by atoms with van der Waals surface area (Å²) in [5.41, 5.74) is 7.02. The Morgan fingerprint density at radius 3 is 2.72 bits per heavy atom. The highest BCUT2D eigenvalue weighted by molar-refractivity contribution is 5.97. The number of hydrogen-bond donors (Lipinski definition) is 3. The normalized spacial score (nSPS) is 20.2. The van der Waals surface area contributed by atoms with E-state index < -0.39 is 6.04 Å². The maximum atomic E-state index is 13.0. The summed E-state index contributed by atoms with van der Waals surface area (Å²) in [4.78, 5) is 33.4. The van der Waals surface area contributed by atoms with Gasteiger partial charge in [-0.05, 0) is 50.3 Å². The fourth-order valence-corrected chi connectivity index (χ4v) is 3.65. The summed E-state index contributed by atoms with van der Waals surface area (Å²) < 4.78 is 0. The molecule has 1 unspecified atom stereocenters. The van der Waals surface area contributed by atoms with Crippen LogP contribution in [0.5, 0.6) is 0 Å². The number of guanidine groups is 1. The van der Waals surface area contributed by atoms with Gasteiger partial charge in [-0.1, -0.05) is 6.07 Å². The predicted octanol–water partition coefficient (Wildman–Crippen LogP) is 1.11. The van der Waals surface area contributed by atoms with Gasteiger partial charge >= 0.3 is 0 Å². The lowest BCUT2D eigenvalue weighted by Crippen LogP contribution is -2.45. The molecule has 9 nitrogen and oxygen atoms in total. The molecule has 1 aromatic rings. The van der Waals surface area contributed by atoms with Crippen LogP contribution in [-0.4, -0.2) is 59.8 Å². The maximum Gasteiger partial charge on any atom is 0.247 e. The summed E-state index contributed by atoms with van der Waals surface area (Å²) in [6.07, 6.45) is 6.11. The van der Waals surface area contributed by atoms with Crippen molar-refractivity contribution in [3.63, 3.8) is 0 Å².